The van der Waals surface area contributed by atoms with E-state index in [4.69, 9.17) is 5.11 Å². The Balaban J connectivity index is 4.07. The summed E-state index contributed by atoms with van der Waals surface area (Å²) in [5.41, 5.74) is 0.0460. The summed E-state index contributed by atoms with van der Waals surface area (Å²) in [6, 6.07) is -0.138. The van der Waals surface area contributed by atoms with Gasteiger partial charge in [-0.2, -0.15) is 0 Å². The Morgan fingerprint density at radius 1 is 1.14 bits per heavy atom. The van der Waals surface area contributed by atoms with Crippen molar-refractivity contribution in [3.63, 3.8) is 0 Å². The predicted octanol–water partition coefficient (Wildman–Crippen LogP) is 3.25. The third-order valence-electron chi connectivity index (χ3n) is 4.02. The number of hydrogen-bond acceptors (Lipinski definition) is 2. The van der Waals surface area contributed by atoms with E-state index in [9.17, 15) is 9.59 Å². The van der Waals surface area contributed by atoms with Gasteiger partial charge in [0, 0.05) is 19.5 Å². The lowest BCUT2D eigenvalue weighted by Crippen LogP contribution is -2.39. The molecule has 0 fully saturated rings. The number of amides is 2. The number of rotatable bonds is 9. The summed E-state index contributed by atoms with van der Waals surface area (Å²) < 4.78 is 0. The predicted molar refractivity (Wildman–Crippen MR) is 85.3 cm³/mol. The fourth-order valence-electron chi connectivity index (χ4n) is 2.14. The zero-order valence-electron chi connectivity index (χ0n) is 14.2. The highest BCUT2D eigenvalue weighted by Crippen LogP contribution is 2.32. The molecule has 0 rings (SSSR count). The molecule has 0 aromatic carbocycles. The smallest absolute Gasteiger partial charge is 0.314 e. The van der Waals surface area contributed by atoms with E-state index in [0.717, 1.165) is 12.8 Å². The molecule has 0 bridgehead atoms. The Labute approximate surface area is 128 Å². The summed E-state index contributed by atoms with van der Waals surface area (Å²) in [5.74, 6) is 0.000566. The molecule has 0 saturated carbocycles. The minimum Gasteiger partial charge on any atom is -0.481 e. The van der Waals surface area contributed by atoms with Gasteiger partial charge in [-0.25, -0.2) is 4.79 Å². The number of hydrogen-bond donors (Lipinski definition) is 3. The number of carbonyl (C=O) groups excluding carboxylic acids is 1. The van der Waals surface area contributed by atoms with Crippen molar-refractivity contribution in [3.05, 3.63) is 0 Å². The van der Waals surface area contributed by atoms with Crippen LogP contribution in [0.3, 0.4) is 0 Å². The lowest BCUT2D eigenvalue weighted by molar-refractivity contribution is -0.137. The fraction of sp³-hybridized carbons (Fsp3) is 0.875. The van der Waals surface area contributed by atoms with Gasteiger partial charge in [0.2, 0.25) is 0 Å². The second-order valence-corrected chi connectivity index (χ2v) is 6.93. The van der Waals surface area contributed by atoms with Crippen molar-refractivity contribution < 1.29 is 14.7 Å². The Morgan fingerprint density at radius 3 is 2.24 bits per heavy atom. The maximum atomic E-state index is 11.6. The molecule has 0 spiro atoms. The van der Waals surface area contributed by atoms with Gasteiger partial charge in [-0.1, -0.05) is 41.0 Å². The zero-order chi connectivity index (χ0) is 16.5. The van der Waals surface area contributed by atoms with E-state index in [-0.39, 0.29) is 23.8 Å². The van der Waals surface area contributed by atoms with Gasteiger partial charge in [-0.3, -0.25) is 4.79 Å². The van der Waals surface area contributed by atoms with E-state index in [0.29, 0.717) is 25.4 Å². The quantitative estimate of drug-likeness (QED) is 0.611. The molecule has 5 nitrogen and oxygen atoms in total. The van der Waals surface area contributed by atoms with Crippen LogP contribution in [0.15, 0.2) is 0 Å². The van der Waals surface area contributed by atoms with E-state index in [1.807, 2.05) is 0 Å². The van der Waals surface area contributed by atoms with Crippen LogP contribution in [0.25, 0.3) is 0 Å². The molecule has 0 heterocycles. The molecular formula is C16H32N2O3. The second kappa shape index (κ2) is 9.64. The maximum Gasteiger partial charge on any atom is 0.314 e. The summed E-state index contributed by atoms with van der Waals surface area (Å²) >= 11 is 0. The molecule has 0 aromatic heterocycles. The number of carboxylic acids is 1. The van der Waals surface area contributed by atoms with Crippen molar-refractivity contribution in [1.29, 1.82) is 0 Å². The zero-order valence-corrected chi connectivity index (χ0v) is 14.2. The number of carbonyl (C=O) groups is 2. The van der Waals surface area contributed by atoms with E-state index in [1.54, 1.807) is 0 Å². The summed E-state index contributed by atoms with van der Waals surface area (Å²) in [7, 11) is 0. The monoisotopic (exact) mass is 300 g/mol. The minimum absolute atomic E-state index is 0.0460. The Hall–Kier alpha value is -1.26. The standard InChI is InChI=1S/C16H32N2O3/c1-6-12(2)11-18-15(21)17-10-9-13(16(3,4)5)7-8-14(19)20/h12-13H,6-11H2,1-5H3,(H,19,20)(H2,17,18,21). The van der Waals surface area contributed by atoms with Crippen LogP contribution in [0.4, 0.5) is 4.79 Å². The first-order valence-electron chi connectivity index (χ1n) is 7.90. The van der Waals surface area contributed by atoms with Crippen molar-refractivity contribution in [2.24, 2.45) is 17.3 Å². The molecule has 0 aromatic rings. The molecular weight excluding hydrogens is 268 g/mol. The molecule has 2 unspecified atom stereocenters. The van der Waals surface area contributed by atoms with Crippen LogP contribution in [-0.2, 0) is 4.79 Å². The number of carboxylic acid groups (broad SMARTS) is 1. The summed E-state index contributed by atoms with van der Waals surface area (Å²) in [6.07, 6.45) is 2.67. The highest BCUT2D eigenvalue weighted by Gasteiger charge is 2.24. The van der Waals surface area contributed by atoms with Crippen molar-refractivity contribution in [2.45, 2.75) is 60.3 Å². The summed E-state index contributed by atoms with van der Waals surface area (Å²) in [6.45, 7) is 11.8. The molecule has 0 aliphatic carbocycles. The third kappa shape index (κ3) is 10.2. The highest BCUT2D eigenvalue weighted by atomic mass is 16.4. The maximum absolute atomic E-state index is 11.6. The molecule has 0 radical (unpaired) electrons. The van der Waals surface area contributed by atoms with E-state index < -0.39 is 5.97 Å². The fourth-order valence-corrected chi connectivity index (χ4v) is 2.14. The number of aliphatic carboxylic acids is 1. The lowest BCUT2D eigenvalue weighted by atomic mass is 9.76. The van der Waals surface area contributed by atoms with E-state index in [1.165, 1.54) is 0 Å². The molecule has 2 amide bonds. The molecule has 21 heavy (non-hydrogen) atoms. The van der Waals surface area contributed by atoms with Gasteiger partial charge in [-0.15, -0.1) is 0 Å². The first kappa shape index (κ1) is 19.7. The van der Waals surface area contributed by atoms with Crippen molar-refractivity contribution in [1.82, 2.24) is 10.6 Å². The third-order valence-corrected chi connectivity index (χ3v) is 4.02. The van der Waals surface area contributed by atoms with Gasteiger partial charge in [0.1, 0.15) is 0 Å². The topological polar surface area (TPSA) is 78.4 Å². The van der Waals surface area contributed by atoms with Gasteiger partial charge >= 0.3 is 12.0 Å². The van der Waals surface area contributed by atoms with Crippen LogP contribution in [0.1, 0.15) is 60.3 Å². The van der Waals surface area contributed by atoms with Crippen LogP contribution in [0.5, 0.6) is 0 Å². The molecule has 5 heteroatoms. The summed E-state index contributed by atoms with van der Waals surface area (Å²) in [5, 5.41) is 14.5. The Morgan fingerprint density at radius 2 is 1.76 bits per heavy atom. The van der Waals surface area contributed by atoms with Gasteiger partial charge in [0.05, 0.1) is 0 Å². The average Bonchev–Trinajstić information content (AvgIpc) is 2.37. The molecule has 0 saturated heterocycles. The number of nitrogens with one attached hydrogen (secondary N) is 2. The van der Waals surface area contributed by atoms with Crippen LogP contribution in [0, 0.1) is 17.3 Å². The first-order valence-corrected chi connectivity index (χ1v) is 7.90. The highest BCUT2D eigenvalue weighted by molar-refractivity contribution is 5.73. The van der Waals surface area contributed by atoms with Crippen LogP contribution in [-0.4, -0.2) is 30.2 Å². The van der Waals surface area contributed by atoms with Crippen molar-refractivity contribution in [3.8, 4) is 0 Å². The normalized spacial score (nSPS) is 14.3. The van der Waals surface area contributed by atoms with Crippen molar-refractivity contribution >= 4 is 12.0 Å². The van der Waals surface area contributed by atoms with E-state index >= 15 is 0 Å². The largest absolute Gasteiger partial charge is 0.481 e. The minimum atomic E-state index is -0.761. The average molecular weight is 300 g/mol. The van der Waals surface area contributed by atoms with Gasteiger partial charge < -0.3 is 15.7 Å². The van der Waals surface area contributed by atoms with Crippen LogP contribution >= 0.6 is 0 Å². The SMILES string of the molecule is CCC(C)CNC(=O)NCCC(CCC(=O)O)C(C)(C)C. The van der Waals surface area contributed by atoms with Gasteiger partial charge in [0.25, 0.3) is 0 Å². The van der Waals surface area contributed by atoms with Crippen LogP contribution in [0.2, 0.25) is 0 Å². The van der Waals surface area contributed by atoms with E-state index in [2.05, 4.69) is 45.3 Å². The van der Waals surface area contributed by atoms with Crippen LogP contribution < -0.4 is 10.6 Å². The van der Waals surface area contributed by atoms with Crippen molar-refractivity contribution in [2.75, 3.05) is 13.1 Å². The molecule has 3 N–H and O–H groups in total. The Kier molecular flexibility index (Phi) is 9.06. The first-order chi connectivity index (χ1) is 9.66. The van der Waals surface area contributed by atoms with Gasteiger partial charge in [0.15, 0.2) is 0 Å². The molecule has 0 aliphatic rings. The lowest BCUT2D eigenvalue weighted by Gasteiger charge is -2.30. The molecule has 0 aliphatic heterocycles. The number of urea groups is 1. The second-order valence-electron chi connectivity index (χ2n) is 6.93. The molecule has 124 valence electrons. The van der Waals surface area contributed by atoms with Gasteiger partial charge in [-0.05, 0) is 30.1 Å². The molecule has 2 atom stereocenters. The summed E-state index contributed by atoms with van der Waals surface area (Å²) in [4.78, 5) is 22.4. The Bertz CT molecular complexity index is 324.